The van der Waals surface area contributed by atoms with Crippen LogP contribution >= 0.6 is 0 Å². The Morgan fingerprint density at radius 1 is 1.02 bits per heavy atom. The average molecular weight is 548 g/mol. The van der Waals surface area contributed by atoms with Crippen molar-refractivity contribution < 1.29 is 34.4 Å². The maximum absolute atomic E-state index is 13.4. The Morgan fingerprint density at radius 2 is 1.80 bits per heavy atom. The van der Waals surface area contributed by atoms with E-state index < -0.39 is 17.8 Å². The van der Waals surface area contributed by atoms with Crippen molar-refractivity contribution in [1.29, 1.82) is 0 Å². The number of amides is 2. The molecule has 0 bridgehead atoms. The van der Waals surface area contributed by atoms with Crippen molar-refractivity contribution in [3.8, 4) is 5.75 Å². The molecule has 8 nitrogen and oxygen atoms in total. The van der Waals surface area contributed by atoms with Crippen molar-refractivity contribution in [2.45, 2.75) is 58.0 Å². The highest BCUT2D eigenvalue weighted by Crippen LogP contribution is 2.49. The number of imide groups is 1. The van der Waals surface area contributed by atoms with Crippen LogP contribution in [0.25, 0.3) is 16.8 Å². The van der Waals surface area contributed by atoms with E-state index in [0.29, 0.717) is 45.3 Å². The molecule has 2 aliphatic heterocycles. The molecule has 0 radical (unpaired) electrons. The number of benzene rings is 2. The van der Waals surface area contributed by atoms with Gasteiger partial charge < -0.3 is 20.1 Å². The molecular formula is C32H37NO7. The number of aliphatic hydroxyl groups excluding tert-OH is 1. The Kier molecular flexibility index (Phi) is 8.38. The largest absolute Gasteiger partial charge is 0.507 e. The molecule has 1 aliphatic carbocycles. The number of nitrogens with zero attached hydrogens (tertiary/aromatic N) is 1. The number of phenolic OH excluding ortho intramolecular Hbond substituents is 1. The summed E-state index contributed by atoms with van der Waals surface area (Å²) >= 11 is 0. The van der Waals surface area contributed by atoms with Crippen LogP contribution in [0.3, 0.4) is 0 Å². The van der Waals surface area contributed by atoms with E-state index in [1.165, 1.54) is 4.90 Å². The number of carboxylic acid groups (broad SMARTS) is 1. The molecule has 2 saturated heterocycles. The van der Waals surface area contributed by atoms with Crippen molar-refractivity contribution in [3.05, 3.63) is 58.7 Å². The van der Waals surface area contributed by atoms with E-state index in [2.05, 4.69) is 13.0 Å². The van der Waals surface area contributed by atoms with Gasteiger partial charge >= 0.3 is 5.97 Å². The summed E-state index contributed by atoms with van der Waals surface area (Å²) in [5.41, 5.74) is 4.01. The number of hydrogen-bond acceptors (Lipinski definition) is 6. The van der Waals surface area contributed by atoms with E-state index in [1.54, 1.807) is 6.07 Å². The third-order valence-electron chi connectivity index (χ3n) is 8.70. The Hall–Kier alpha value is -3.49. The maximum atomic E-state index is 13.4. The van der Waals surface area contributed by atoms with Crippen LogP contribution in [-0.4, -0.2) is 63.9 Å². The quantitative estimate of drug-likeness (QED) is 0.212. The van der Waals surface area contributed by atoms with E-state index in [4.69, 9.17) is 9.84 Å². The summed E-state index contributed by atoms with van der Waals surface area (Å²) in [4.78, 5) is 38.7. The van der Waals surface area contributed by atoms with Gasteiger partial charge in [-0.3, -0.25) is 19.3 Å². The number of rotatable bonds is 11. The molecule has 0 saturated carbocycles. The van der Waals surface area contributed by atoms with E-state index in [-0.39, 0.29) is 42.6 Å². The van der Waals surface area contributed by atoms with Gasteiger partial charge in [-0.25, -0.2) is 0 Å². The molecule has 0 aromatic heterocycles. The zero-order valence-corrected chi connectivity index (χ0v) is 22.8. The number of aliphatic hydroxyl groups is 1. The van der Waals surface area contributed by atoms with Gasteiger partial charge in [-0.15, -0.1) is 0 Å². The summed E-state index contributed by atoms with van der Waals surface area (Å²) in [7, 11) is 0. The topological polar surface area (TPSA) is 124 Å². The molecule has 2 amide bonds. The monoisotopic (exact) mass is 547 g/mol. The molecule has 4 atom stereocenters. The number of unbranched alkanes of at least 4 members (excludes halogenated alkanes) is 2. The number of likely N-dealkylation sites (tertiary alicyclic amines) is 1. The van der Waals surface area contributed by atoms with Crippen LogP contribution in [0.1, 0.15) is 57.4 Å². The van der Waals surface area contributed by atoms with Crippen LogP contribution in [0.15, 0.2) is 53.1 Å². The highest BCUT2D eigenvalue weighted by molar-refractivity contribution is 6.06. The molecule has 2 fully saturated rings. The number of hydrogen-bond donors (Lipinski definition) is 3. The summed E-state index contributed by atoms with van der Waals surface area (Å²) < 4.78 is 6.21. The molecule has 2 aromatic rings. The molecule has 8 heteroatoms. The molecular weight excluding hydrogens is 510 g/mol. The van der Waals surface area contributed by atoms with Gasteiger partial charge in [0.25, 0.3) is 0 Å². The first-order valence-electron chi connectivity index (χ1n) is 14.2. The smallest absolute Gasteiger partial charge is 0.303 e. The number of aliphatic carboxylic acids is 1. The molecule has 3 aliphatic rings. The highest BCUT2D eigenvalue weighted by atomic mass is 16.5. The predicted octanol–water partition coefficient (Wildman–Crippen LogP) is 4.68. The number of carbonyl (C=O) groups is 3. The summed E-state index contributed by atoms with van der Waals surface area (Å²) in [6.45, 7) is 2.59. The summed E-state index contributed by atoms with van der Waals surface area (Å²) in [5, 5.41) is 31.1. The fourth-order valence-corrected chi connectivity index (χ4v) is 6.76. The number of carbonyl (C=O) groups excluding carboxylic acids is 2. The minimum atomic E-state index is -0.843. The summed E-state index contributed by atoms with van der Waals surface area (Å²) in [5.74, 6) is -2.05. The van der Waals surface area contributed by atoms with Crippen LogP contribution < -0.4 is 0 Å². The van der Waals surface area contributed by atoms with Crippen molar-refractivity contribution in [1.82, 2.24) is 4.90 Å². The lowest BCUT2D eigenvalue weighted by molar-refractivity contribution is -0.141. The lowest BCUT2D eigenvalue weighted by Gasteiger charge is -2.31. The summed E-state index contributed by atoms with van der Waals surface area (Å²) in [6, 6.07) is 11.4. The normalized spacial score (nSPS) is 24.6. The number of fused-ring (bicyclic) bond motifs is 4. The zero-order chi connectivity index (χ0) is 28.4. The first kappa shape index (κ1) is 28.1. The fraction of sp³-hybridized carbons (Fsp3) is 0.469. The second-order valence-corrected chi connectivity index (χ2v) is 11.3. The van der Waals surface area contributed by atoms with Crippen molar-refractivity contribution >= 4 is 34.6 Å². The number of ether oxygens (including phenoxy) is 1. The third kappa shape index (κ3) is 5.43. The van der Waals surface area contributed by atoms with Gasteiger partial charge in [0, 0.05) is 24.3 Å². The van der Waals surface area contributed by atoms with E-state index in [1.807, 2.05) is 30.3 Å². The van der Waals surface area contributed by atoms with Gasteiger partial charge in [0.15, 0.2) is 0 Å². The Balaban J connectivity index is 1.26. The minimum absolute atomic E-state index is 0.0846. The predicted molar refractivity (Wildman–Crippen MR) is 150 cm³/mol. The van der Waals surface area contributed by atoms with Crippen LogP contribution in [0.4, 0.5) is 0 Å². The maximum Gasteiger partial charge on any atom is 0.303 e. The Bertz CT molecular complexity index is 1380. The highest BCUT2D eigenvalue weighted by Gasteiger charge is 2.56. The first-order chi connectivity index (χ1) is 19.3. The average Bonchev–Trinajstić information content (AvgIpc) is 3.47. The van der Waals surface area contributed by atoms with Gasteiger partial charge in [0.05, 0.1) is 31.2 Å². The van der Waals surface area contributed by atoms with E-state index in [0.717, 1.165) is 39.5 Å². The molecule has 212 valence electrons. The molecule has 0 spiro atoms. The van der Waals surface area contributed by atoms with E-state index >= 15 is 0 Å². The van der Waals surface area contributed by atoms with Gasteiger partial charge in [-0.1, -0.05) is 48.4 Å². The Morgan fingerprint density at radius 3 is 2.55 bits per heavy atom. The molecule has 0 unspecified atom stereocenters. The molecule has 2 aromatic carbocycles. The number of allylic oxidation sites excluding steroid dienone is 1. The Labute approximate surface area is 233 Å². The van der Waals surface area contributed by atoms with Crippen molar-refractivity contribution in [3.63, 3.8) is 0 Å². The minimum Gasteiger partial charge on any atom is -0.507 e. The second kappa shape index (κ2) is 11.9. The molecule has 5 rings (SSSR count). The van der Waals surface area contributed by atoms with Crippen LogP contribution in [0, 0.1) is 17.8 Å². The number of aromatic hydroxyl groups is 1. The van der Waals surface area contributed by atoms with Gasteiger partial charge in [-0.05, 0) is 67.2 Å². The van der Waals surface area contributed by atoms with Crippen molar-refractivity contribution in [2.24, 2.45) is 17.8 Å². The zero-order valence-electron chi connectivity index (χ0n) is 22.8. The van der Waals surface area contributed by atoms with Gasteiger partial charge in [0.1, 0.15) is 5.75 Å². The van der Waals surface area contributed by atoms with Crippen LogP contribution in [0.2, 0.25) is 0 Å². The lowest BCUT2D eigenvalue weighted by Crippen LogP contribution is -2.35. The SMILES string of the molecule is C/C(=C\c1ccc(O)c2ccccc12)CC[C@H]1OC[C@H]2C1=C(CO)C[C@H]1C(=O)N(CCCCCC(=O)O)C(=O)[C@H]12. The fourth-order valence-electron chi connectivity index (χ4n) is 6.76. The van der Waals surface area contributed by atoms with Gasteiger partial charge in [-0.2, -0.15) is 0 Å². The molecule has 40 heavy (non-hydrogen) atoms. The third-order valence-corrected chi connectivity index (χ3v) is 8.70. The lowest BCUT2D eigenvalue weighted by atomic mass is 9.69. The number of phenols is 1. The summed E-state index contributed by atoms with van der Waals surface area (Å²) in [6.07, 6.45) is 5.60. The van der Waals surface area contributed by atoms with Crippen LogP contribution in [0.5, 0.6) is 5.75 Å². The van der Waals surface area contributed by atoms with Gasteiger partial charge in [0.2, 0.25) is 11.8 Å². The molecule has 2 heterocycles. The number of carboxylic acids is 1. The first-order valence-corrected chi connectivity index (χ1v) is 14.2. The molecule has 3 N–H and O–H groups in total. The van der Waals surface area contributed by atoms with E-state index in [9.17, 15) is 24.6 Å². The standard InChI is InChI=1S/C32H37NO7/c1-19(15-20-11-12-26(35)23-8-5-4-7-22(20)23)10-13-27-29-21(17-34)16-24-30(25(29)18-40-27)32(39)33(31(24)38)14-6-2-3-9-28(36)37/h4-5,7-8,11-12,15,24-25,27,30,34-35H,2-3,6,9-10,13-14,16-18H2,1H3,(H,36,37)/b19-15+/t24-,25+,27-,30-/m1/s1. The van der Waals surface area contributed by atoms with Crippen molar-refractivity contribution in [2.75, 3.05) is 19.8 Å². The second-order valence-electron chi connectivity index (χ2n) is 11.3. The van der Waals surface area contributed by atoms with Crippen LogP contribution in [-0.2, 0) is 19.1 Å².